The van der Waals surface area contributed by atoms with Crippen LogP contribution in [0.25, 0.3) is 0 Å². The number of aliphatic carboxylic acids is 1. The molecule has 1 N–H and O–H groups in total. The lowest BCUT2D eigenvalue weighted by atomic mass is 10.5. The summed E-state index contributed by atoms with van der Waals surface area (Å²) < 4.78 is 1.54. The smallest absolute Gasteiger partial charge is 0.187 e. The van der Waals surface area contributed by atoms with Gasteiger partial charge in [0.05, 0.1) is 0 Å². The van der Waals surface area contributed by atoms with Crippen LogP contribution in [-0.4, -0.2) is 5.97 Å². The Morgan fingerprint density at radius 2 is 1.53 bits per heavy atom. The van der Waals surface area contributed by atoms with Crippen molar-refractivity contribution in [2.75, 3.05) is 0 Å². The first kappa shape index (κ1) is 15.1. The summed E-state index contributed by atoms with van der Waals surface area (Å²) in [6.45, 7) is -0.0825. The van der Waals surface area contributed by atoms with Crippen LogP contribution in [0.1, 0.15) is 0 Å². The fourth-order valence-electron chi connectivity index (χ4n) is 1.03. The molecule has 90 valence electrons. The van der Waals surface area contributed by atoms with Crippen molar-refractivity contribution < 1.29 is 31.9 Å². The zero-order valence-corrected chi connectivity index (χ0v) is 9.88. The van der Waals surface area contributed by atoms with Gasteiger partial charge in [0.2, 0.25) is 0 Å². The van der Waals surface area contributed by atoms with E-state index in [2.05, 4.69) is 4.98 Å². The maximum absolute atomic E-state index is 10.0. The largest absolute Gasteiger partial charge is 1.00 e. The Hall–Kier alpha value is -1.94. The summed E-state index contributed by atoms with van der Waals surface area (Å²) in [5, 5.41) is 10.0. The Bertz CT molecular complexity index is 383. The number of aromatic amines is 1. The van der Waals surface area contributed by atoms with Crippen LogP contribution in [0.15, 0.2) is 61.2 Å². The minimum atomic E-state index is -1.07. The average molecular weight is 253 g/mol. The van der Waals surface area contributed by atoms with Crippen molar-refractivity contribution in [1.82, 2.24) is 0 Å². The third-order valence-electron chi connectivity index (χ3n) is 1.70. The minimum absolute atomic E-state index is 0. The highest BCUT2D eigenvalue weighted by Crippen LogP contribution is 1.75. The summed E-state index contributed by atoms with van der Waals surface area (Å²) in [6, 6.07) is 11.2. The molecule has 0 atom stereocenters. The molecule has 0 saturated heterocycles. The van der Waals surface area contributed by atoms with Crippen LogP contribution >= 0.6 is 0 Å². The number of hydrogen-bond donors (Lipinski definition) is 0. The summed E-state index contributed by atoms with van der Waals surface area (Å²) >= 11 is 0. The molecule has 2 aromatic rings. The number of pyridine rings is 2. The predicted octanol–water partition coefficient (Wildman–Crippen LogP) is -3.77. The molecule has 0 bridgehead atoms. The molecule has 0 aliphatic carbocycles. The van der Waals surface area contributed by atoms with Crippen LogP contribution in [0, 0.1) is 0 Å². The van der Waals surface area contributed by atoms with Crippen molar-refractivity contribution in [1.29, 1.82) is 0 Å². The second kappa shape index (κ2) is 9.30. The fourth-order valence-corrected chi connectivity index (χ4v) is 1.03. The van der Waals surface area contributed by atoms with Crippen LogP contribution in [0.4, 0.5) is 0 Å². The molecule has 0 fully saturated rings. The number of carboxylic acids is 1. The van der Waals surface area contributed by atoms with E-state index in [1.54, 1.807) is 24.5 Å². The quantitative estimate of drug-likeness (QED) is 0.516. The summed E-state index contributed by atoms with van der Waals surface area (Å²) in [5.74, 6) is -1.07. The topological polar surface area (TPSA) is 58.1 Å². The Morgan fingerprint density at radius 3 is 1.88 bits per heavy atom. The molecule has 0 saturated carbocycles. The molecule has 0 spiro atoms. The number of nitrogens with zero attached hydrogens (tertiary/aromatic N) is 1. The van der Waals surface area contributed by atoms with Gasteiger partial charge >= 0.3 is 0 Å². The van der Waals surface area contributed by atoms with E-state index in [0.29, 0.717) is 0 Å². The van der Waals surface area contributed by atoms with Crippen LogP contribution in [0.3, 0.4) is 0 Å². The molecule has 0 aliphatic heterocycles. The monoisotopic (exact) mass is 252 g/mol. The third kappa shape index (κ3) is 7.93. The molecule has 2 heterocycles. The number of hydrogen-bond acceptors (Lipinski definition) is 2. The standard InChI is InChI=1S/C7H7NO2.C5H5N.ClH/c9-7(10)6-8-4-2-1-3-5-8;1-2-4-6-5-3-1;/h1-5H,6H2;1-5H;1H. The second-order valence-corrected chi connectivity index (χ2v) is 3.00. The molecule has 0 unspecified atom stereocenters. The Kier molecular flexibility index (Phi) is 8.24. The van der Waals surface area contributed by atoms with E-state index < -0.39 is 5.97 Å². The number of halogens is 1. The van der Waals surface area contributed by atoms with Crippen molar-refractivity contribution >= 4 is 5.97 Å². The van der Waals surface area contributed by atoms with Gasteiger partial charge in [0.25, 0.3) is 0 Å². The zero-order valence-electron chi connectivity index (χ0n) is 9.12. The molecular formula is C12H13ClN2O2. The van der Waals surface area contributed by atoms with Gasteiger partial charge in [0, 0.05) is 24.3 Å². The lowest BCUT2D eigenvalue weighted by Crippen LogP contribution is -3.00. The molecule has 2 rings (SSSR count). The van der Waals surface area contributed by atoms with E-state index in [0.717, 1.165) is 0 Å². The average Bonchev–Trinajstić information content (AvgIpc) is 2.32. The normalized spacial score (nSPS) is 8.24. The molecule has 5 heteroatoms. The van der Waals surface area contributed by atoms with E-state index in [4.69, 9.17) is 0 Å². The molecule has 0 radical (unpaired) electrons. The van der Waals surface area contributed by atoms with Crippen molar-refractivity contribution in [2.45, 2.75) is 6.54 Å². The lowest BCUT2D eigenvalue weighted by Gasteiger charge is -1.94. The molecule has 4 nitrogen and oxygen atoms in total. The minimum Gasteiger partial charge on any atom is -1.00 e. The molecule has 0 amide bonds. The molecule has 2 aromatic heterocycles. The van der Waals surface area contributed by atoms with Gasteiger partial charge in [-0.05, 0) is 0 Å². The summed E-state index contributed by atoms with van der Waals surface area (Å²) in [7, 11) is 0. The van der Waals surface area contributed by atoms with Crippen molar-refractivity contribution in [2.24, 2.45) is 0 Å². The predicted molar refractivity (Wildman–Crippen MR) is 54.6 cm³/mol. The molecular weight excluding hydrogens is 240 g/mol. The van der Waals surface area contributed by atoms with E-state index in [1.807, 2.05) is 36.7 Å². The van der Waals surface area contributed by atoms with E-state index in [1.165, 1.54) is 4.57 Å². The maximum Gasteiger partial charge on any atom is 0.187 e. The number of carbonyl (C=O) groups is 1. The van der Waals surface area contributed by atoms with E-state index in [9.17, 15) is 9.90 Å². The van der Waals surface area contributed by atoms with Gasteiger partial charge < -0.3 is 22.3 Å². The summed E-state index contributed by atoms with van der Waals surface area (Å²) in [6.07, 6.45) is 7.10. The SMILES string of the molecule is O=C([O-])C[n+]1ccccc1.[Cl-].c1cc[nH+]cc1. The number of nitrogens with one attached hydrogen (secondary N) is 1. The van der Waals surface area contributed by atoms with Crippen LogP contribution in [-0.2, 0) is 11.3 Å². The Balaban J connectivity index is 0.000000316. The van der Waals surface area contributed by atoms with Crippen molar-refractivity contribution in [3.8, 4) is 0 Å². The first-order chi connectivity index (χ1) is 7.79. The van der Waals surface area contributed by atoms with Crippen LogP contribution < -0.4 is 27.1 Å². The first-order valence-electron chi connectivity index (χ1n) is 4.84. The summed E-state index contributed by atoms with van der Waals surface area (Å²) in [4.78, 5) is 12.9. The number of rotatable bonds is 2. The summed E-state index contributed by atoms with van der Waals surface area (Å²) in [5.41, 5.74) is 0. The van der Waals surface area contributed by atoms with Gasteiger partial charge in [-0.15, -0.1) is 0 Å². The lowest BCUT2D eigenvalue weighted by molar-refractivity contribution is -0.690. The Labute approximate surface area is 106 Å². The highest BCUT2D eigenvalue weighted by molar-refractivity contribution is 5.62. The highest BCUT2D eigenvalue weighted by Gasteiger charge is 1.94. The Morgan fingerprint density at radius 1 is 1.00 bits per heavy atom. The number of carboxylic acid groups (broad SMARTS) is 1. The number of H-pyrrole nitrogens is 1. The third-order valence-corrected chi connectivity index (χ3v) is 1.70. The van der Waals surface area contributed by atoms with Gasteiger partial charge in [-0.3, -0.25) is 0 Å². The van der Waals surface area contributed by atoms with Gasteiger partial charge in [-0.25, -0.2) is 4.98 Å². The van der Waals surface area contributed by atoms with Gasteiger partial charge in [-0.2, -0.15) is 4.57 Å². The first-order valence-corrected chi connectivity index (χ1v) is 4.84. The van der Waals surface area contributed by atoms with Crippen molar-refractivity contribution in [3.63, 3.8) is 0 Å². The highest BCUT2D eigenvalue weighted by atomic mass is 35.5. The second-order valence-electron chi connectivity index (χ2n) is 3.00. The van der Waals surface area contributed by atoms with Gasteiger partial charge in [0.1, 0.15) is 5.97 Å². The van der Waals surface area contributed by atoms with Gasteiger partial charge in [0.15, 0.2) is 31.3 Å². The number of aromatic nitrogens is 2. The van der Waals surface area contributed by atoms with Crippen LogP contribution in [0.2, 0.25) is 0 Å². The van der Waals surface area contributed by atoms with E-state index in [-0.39, 0.29) is 19.0 Å². The molecule has 0 aliphatic rings. The zero-order chi connectivity index (χ0) is 11.6. The van der Waals surface area contributed by atoms with E-state index >= 15 is 0 Å². The molecule has 0 aromatic carbocycles. The fraction of sp³-hybridized carbons (Fsp3) is 0.0833. The number of carbonyl (C=O) groups excluding carboxylic acids is 1. The van der Waals surface area contributed by atoms with Gasteiger partial charge in [-0.1, -0.05) is 12.1 Å². The molecule has 17 heavy (non-hydrogen) atoms. The maximum atomic E-state index is 10.0. The van der Waals surface area contributed by atoms with Crippen molar-refractivity contribution in [3.05, 3.63) is 61.2 Å². The van der Waals surface area contributed by atoms with Crippen LogP contribution in [0.5, 0.6) is 0 Å².